The highest BCUT2D eigenvalue weighted by Gasteiger charge is 2.39. The van der Waals surface area contributed by atoms with Gasteiger partial charge in [-0.05, 0) is 54.8 Å². The van der Waals surface area contributed by atoms with E-state index in [0.717, 1.165) is 41.9 Å². The van der Waals surface area contributed by atoms with Crippen LogP contribution >= 0.6 is 0 Å². The summed E-state index contributed by atoms with van der Waals surface area (Å²) in [5.41, 5.74) is 4.67. The van der Waals surface area contributed by atoms with Gasteiger partial charge in [0.15, 0.2) is 6.29 Å². The molecule has 0 aliphatic carbocycles. The molecule has 274 valence electrons. The lowest BCUT2D eigenvalue weighted by Gasteiger charge is -2.43. The molecule has 7 heteroatoms. The fraction of sp³-hybridized carbons (Fsp3) is 0.558. The van der Waals surface area contributed by atoms with Crippen molar-refractivity contribution in [1.82, 2.24) is 10.2 Å². The third-order valence-electron chi connectivity index (χ3n) is 9.95. The van der Waals surface area contributed by atoms with Gasteiger partial charge >= 0.3 is 6.03 Å². The van der Waals surface area contributed by atoms with Gasteiger partial charge in [-0.1, -0.05) is 152 Å². The fourth-order valence-corrected chi connectivity index (χ4v) is 6.79. The van der Waals surface area contributed by atoms with Crippen LogP contribution in [0.5, 0.6) is 0 Å². The van der Waals surface area contributed by atoms with Gasteiger partial charge in [0.05, 0.1) is 18.8 Å². The fourth-order valence-electron chi connectivity index (χ4n) is 6.79. The summed E-state index contributed by atoms with van der Waals surface area (Å²) in [5.74, 6) is 0.136. The second kappa shape index (κ2) is 22.6. The standard InChI is InChI=1S/C43H63N3O4/c1-4-6-8-10-12-17-29-46(30-18-13-11-9-7-5-2)32-40-34(3)41(37-23-21-36(33-47)22-24-37)50-42(49-40)38-25-27-39(28-26-38)45-43(48)44-31-35-19-15-14-16-20-35/h14-16,19-28,34,40-42,47H,4-13,17-18,29-33H2,1-3H3,(H2,44,45,48)/t34-,40+,41+,42+/m0/s1. The lowest BCUT2D eigenvalue weighted by atomic mass is 9.90. The summed E-state index contributed by atoms with van der Waals surface area (Å²) < 4.78 is 13.6. The van der Waals surface area contributed by atoms with Crippen molar-refractivity contribution >= 4 is 11.7 Å². The Morgan fingerprint density at radius 2 is 1.28 bits per heavy atom. The van der Waals surface area contributed by atoms with Crippen LogP contribution in [0.1, 0.15) is 132 Å². The molecule has 1 fully saturated rings. The van der Waals surface area contributed by atoms with E-state index in [2.05, 4.69) is 48.4 Å². The van der Waals surface area contributed by atoms with Crippen molar-refractivity contribution in [2.75, 3.05) is 25.0 Å². The van der Waals surface area contributed by atoms with Gasteiger partial charge in [0.1, 0.15) is 0 Å². The Morgan fingerprint density at radius 3 is 1.88 bits per heavy atom. The topological polar surface area (TPSA) is 83.1 Å². The number of anilines is 1. The Hall–Kier alpha value is -3.23. The molecule has 0 bridgehead atoms. The van der Waals surface area contributed by atoms with Gasteiger partial charge in [0.2, 0.25) is 0 Å². The summed E-state index contributed by atoms with van der Waals surface area (Å²) in [6.07, 6.45) is 14.8. The van der Waals surface area contributed by atoms with Gasteiger partial charge in [-0.15, -0.1) is 0 Å². The predicted octanol–water partition coefficient (Wildman–Crippen LogP) is 10.3. The van der Waals surface area contributed by atoms with E-state index in [1.165, 1.54) is 77.0 Å². The van der Waals surface area contributed by atoms with Gasteiger partial charge in [-0.2, -0.15) is 0 Å². The first-order valence-corrected chi connectivity index (χ1v) is 19.4. The number of aliphatic hydroxyl groups is 1. The smallest absolute Gasteiger partial charge is 0.319 e. The Bertz CT molecular complexity index is 1320. The molecule has 0 radical (unpaired) electrons. The maximum atomic E-state index is 12.6. The maximum Gasteiger partial charge on any atom is 0.319 e. The number of ether oxygens (including phenoxy) is 2. The van der Waals surface area contributed by atoms with Crippen LogP contribution in [0.25, 0.3) is 0 Å². The SMILES string of the molecule is CCCCCCCCN(CCCCCCCC)C[C@H]1O[C@@H](c2ccc(NC(=O)NCc3ccccc3)cc2)O[C@@H](c2ccc(CO)cc2)[C@H]1C. The van der Waals surface area contributed by atoms with Crippen LogP contribution in [0.2, 0.25) is 0 Å². The first kappa shape index (κ1) is 39.6. The highest BCUT2D eigenvalue weighted by atomic mass is 16.7. The third-order valence-corrected chi connectivity index (χ3v) is 9.95. The van der Waals surface area contributed by atoms with Crippen LogP contribution < -0.4 is 10.6 Å². The highest BCUT2D eigenvalue weighted by molar-refractivity contribution is 5.89. The van der Waals surface area contributed by atoms with Crippen molar-refractivity contribution in [2.24, 2.45) is 5.92 Å². The molecule has 7 nitrogen and oxygen atoms in total. The lowest BCUT2D eigenvalue weighted by molar-refractivity contribution is -0.276. The van der Waals surface area contributed by atoms with Crippen molar-refractivity contribution in [1.29, 1.82) is 0 Å². The van der Waals surface area contributed by atoms with E-state index in [-0.39, 0.29) is 30.8 Å². The van der Waals surface area contributed by atoms with Crippen LogP contribution in [0.15, 0.2) is 78.9 Å². The van der Waals surface area contributed by atoms with E-state index in [0.29, 0.717) is 12.2 Å². The molecule has 4 atom stereocenters. The average molecular weight is 686 g/mol. The molecule has 1 aliphatic rings. The molecule has 4 rings (SSSR count). The summed E-state index contributed by atoms with van der Waals surface area (Å²) in [6, 6.07) is 25.5. The van der Waals surface area contributed by atoms with Crippen LogP contribution in [-0.2, 0) is 22.6 Å². The van der Waals surface area contributed by atoms with Crippen LogP contribution in [-0.4, -0.2) is 41.8 Å². The normalized spacial score (nSPS) is 19.1. The Kier molecular flexibility index (Phi) is 17.8. The minimum absolute atomic E-state index is 0.0157. The number of nitrogens with zero attached hydrogens (tertiary/aromatic N) is 1. The minimum Gasteiger partial charge on any atom is -0.392 e. The first-order chi connectivity index (χ1) is 24.5. The molecule has 1 heterocycles. The lowest BCUT2D eigenvalue weighted by Crippen LogP contribution is -2.45. The van der Waals surface area contributed by atoms with E-state index in [4.69, 9.17) is 9.47 Å². The van der Waals surface area contributed by atoms with Crippen molar-refractivity contribution in [3.63, 3.8) is 0 Å². The Morgan fingerprint density at radius 1 is 0.700 bits per heavy atom. The van der Waals surface area contributed by atoms with Gasteiger partial charge in [0, 0.05) is 30.3 Å². The molecule has 0 unspecified atom stereocenters. The number of amides is 2. The zero-order chi connectivity index (χ0) is 35.4. The van der Waals surface area contributed by atoms with Crippen molar-refractivity contribution in [3.05, 3.63) is 101 Å². The third kappa shape index (κ3) is 13.5. The molecule has 1 aliphatic heterocycles. The molecule has 3 aromatic carbocycles. The molecular weight excluding hydrogens is 622 g/mol. The molecule has 50 heavy (non-hydrogen) atoms. The average Bonchev–Trinajstić information content (AvgIpc) is 3.15. The van der Waals surface area contributed by atoms with Crippen molar-refractivity contribution < 1.29 is 19.4 Å². The summed E-state index contributed by atoms with van der Waals surface area (Å²) >= 11 is 0. The van der Waals surface area contributed by atoms with Gasteiger partial charge < -0.3 is 30.1 Å². The Balaban J connectivity index is 1.44. The zero-order valence-electron chi connectivity index (χ0n) is 31.0. The number of rotatable bonds is 22. The van der Waals surface area contributed by atoms with E-state index >= 15 is 0 Å². The van der Waals surface area contributed by atoms with E-state index in [1.807, 2.05) is 66.7 Å². The van der Waals surface area contributed by atoms with E-state index in [9.17, 15) is 9.90 Å². The number of benzene rings is 3. The Labute approximate surface area is 302 Å². The highest BCUT2D eigenvalue weighted by Crippen LogP contribution is 2.42. The molecule has 3 N–H and O–H groups in total. The summed E-state index contributed by atoms with van der Waals surface area (Å²) in [4.78, 5) is 15.2. The van der Waals surface area contributed by atoms with Gasteiger partial charge in [-0.3, -0.25) is 0 Å². The van der Waals surface area contributed by atoms with Crippen LogP contribution in [0.4, 0.5) is 10.5 Å². The number of aliphatic hydroxyl groups excluding tert-OH is 1. The number of unbranched alkanes of at least 4 members (excludes halogenated alkanes) is 10. The second-order valence-corrected chi connectivity index (χ2v) is 14.1. The largest absolute Gasteiger partial charge is 0.392 e. The number of nitrogens with one attached hydrogen (secondary N) is 2. The van der Waals surface area contributed by atoms with E-state index < -0.39 is 6.29 Å². The summed E-state index contributed by atoms with van der Waals surface area (Å²) in [5, 5.41) is 15.5. The number of hydrogen-bond acceptors (Lipinski definition) is 5. The minimum atomic E-state index is -0.537. The number of hydrogen-bond donors (Lipinski definition) is 3. The van der Waals surface area contributed by atoms with Crippen LogP contribution in [0.3, 0.4) is 0 Å². The van der Waals surface area contributed by atoms with Crippen molar-refractivity contribution in [3.8, 4) is 0 Å². The number of carbonyl (C=O) groups excluding carboxylic acids is 1. The van der Waals surface area contributed by atoms with Gasteiger partial charge in [-0.25, -0.2) is 4.79 Å². The zero-order valence-corrected chi connectivity index (χ0v) is 31.0. The predicted molar refractivity (Wildman–Crippen MR) is 205 cm³/mol. The molecule has 0 spiro atoms. The van der Waals surface area contributed by atoms with E-state index in [1.54, 1.807) is 0 Å². The summed E-state index contributed by atoms with van der Waals surface area (Å²) in [7, 11) is 0. The molecule has 0 aromatic heterocycles. The van der Waals surface area contributed by atoms with Crippen molar-refractivity contribution in [2.45, 2.75) is 129 Å². The summed E-state index contributed by atoms with van der Waals surface area (Å²) in [6.45, 7) is 10.4. The monoisotopic (exact) mass is 685 g/mol. The first-order valence-electron chi connectivity index (χ1n) is 19.4. The second-order valence-electron chi connectivity index (χ2n) is 14.1. The quantitative estimate of drug-likeness (QED) is 0.0917. The molecule has 1 saturated heterocycles. The van der Waals surface area contributed by atoms with Gasteiger partial charge in [0.25, 0.3) is 0 Å². The number of urea groups is 1. The van der Waals surface area contributed by atoms with Crippen LogP contribution in [0, 0.1) is 5.92 Å². The maximum absolute atomic E-state index is 12.6. The molecule has 3 aromatic rings. The molecular formula is C43H63N3O4. The molecule has 0 saturated carbocycles. The number of carbonyl (C=O) groups is 1. The molecule has 2 amide bonds.